The maximum atomic E-state index is 4.33. The highest BCUT2D eigenvalue weighted by Gasteiger charge is 2.00. The van der Waals surface area contributed by atoms with Crippen LogP contribution in [0.1, 0.15) is 25.6 Å². The van der Waals surface area contributed by atoms with Crippen molar-refractivity contribution in [2.75, 3.05) is 0 Å². The highest BCUT2D eigenvalue weighted by Crippen LogP contribution is 2.10. The van der Waals surface area contributed by atoms with E-state index in [1.54, 1.807) is 0 Å². The molecule has 1 aromatic rings. The van der Waals surface area contributed by atoms with E-state index in [9.17, 15) is 0 Å². The number of nitrogens with zero attached hydrogens (tertiary/aromatic N) is 2. The number of hydrogen-bond donors (Lipinski definition) is 0. The number of aryl methyl sites for hydroxylation is 2. The lowest BCUT2D eigenvalue weighted by Crippen LogP contribution is -1.96. The molecule has 0 saturated carbocycles. The molecule has 2 nitrogen and oxygen atoms in total. The molecule has 0 aliphatic rings. The SMILES string of the molecule is CCCCc1nc(Br)cn1C. The Balaban J connectivity index is 2.62. The summed E-state index contributed by atoms with van der Waals surface area (Å²) in [5.41, 5.74) is 0. The molecular weight excluding hydrogens is 204 g/mol. The molecule has 0 atom stereocenters. The van der Waals surface area contributed by atoms with Gasteiger partial charge in [-0.2, -0.15) is 0 Å². The summed E-state index contributed by atoms with van der Waals surface area (Å²) in [6.45, 7) is 2.19. The first-order valence-corrected chi connectivity index (χ1v) is 4.71. The predicted molar refractivity (Wildman–Crippen MR) is 49.5 cm³/mol. The zero-order valence-electron chi connectivity index (χ0n) is 6.97. The number of aromatic nitrogens is 2. The molecule has 0 amide bonds. The van der Waals surface area contributed by atoms with Gasteiger partial charge in [-0.15, -0.1) is 0 Å². The lowest BCUT2D eigenvalue weighted by Gasteiger charge is -1.97. The zero-order chi connectivity index (χ0) is 8.27. The van der Waals surface area contributed by atoms with E-state index in [0.717, 1.165) is 11.0 Å². The van der Waals surface area contributed by atoms with Crippen molar-refractivity contribution in [3.05, 3.63) is 16.6 Å². The number of hydrogen-bond acceptors (Lipinski definition) is 1. The summed E-state index contributed by atoms with van der Waals surface area (Å²) in [5.74, 6) is 1.17. The van der Waals surface area contributed by atoms with Gasteiger partial charge in [0, 0.05) is 19.7 Å². The van der Waals surface area contributed by atoms with Crippen LogP contribution in [0.25, 0.3) is 0 Å². The van der Waals surface area contributed by atoms with Crippen molar-refractivity contribution in [2.24, 2.45) is 7.05 Å². The Morgan fingerprint density at radius 3 is 2.82 bits per heavy atom. The minimum absolute atomic E-state index is 0.936. The highest BCUT2D eigenvalue weighted by atomic mass is 79.9. The van der Waals surface area contributed by atoms with Gasteiger partial charge in [-0.05, 0) is 22.4 Å². The molecule has 0 aliphatic carbocycles. The molecule has 62 valence electrons. The van der Waals surface area contributed by atoms with Gasteiger partial charge in [-0.25, -0.2) is 4.98 Å². The standard InChI is InChI=1S/C8H13BrN2/c1-3-4-5-8-10-7(9)6-11(8)2/h6H,3-5H2,1-2H3. The van der Waals surface area contributed by atoms with E-state index in [4.69, 9.17) is 0 Å². The lowest BCUT2D eigenvalue weighted by molar-refractivity contribution is 0.712. The second-order valence-corrected chi connectivity index (χ2v) is 3.51. The van der Waals surface area contributed by atoms with Gasteiger partial charge in [-0.1, -0.05) is 13.3 Å². The normalized spacial score (nSPS) is 10.5. The lowest BCUT2D eigenvalue weighted by atomic mass is 10.2. The van der Waals surface area contributed by atoms with Crippen LogP contribution in [0.15, 0.2) is 10.8 Å². The third-order valence-corrected chi connectivity index (χ3v) is 2.08. The van der Waals surface area contributed by atoms with Crippen LogP contribution >= 0.6 is 15.9 Å². The third-order valence-electron chi connectivity index (χ3n) is 1.70. The summed E-state index contributed by atoms with van der Waals surface area (Å²) in [6.07, 6.45) is 5.52. The van der Waals surface area contributed by atoms with Crippen LogP contribution in [-0.4, -0.2) is 9.55 Å². The average molecular weight is 217 g/mol. The second kappa shape index (κ2) is 3.90. The van der Waals surface area contributed by atoms with Crippen molar-refractivity contribution in [1.82, 2.24) is 9.55 Å². The molecule has 0 radical (unpaired) electrons. The van der Waals surface area contributed by atoms with Gasteiger partial charge >= 0.3 is 0 Å². The number of imidazole rings is 1. The molecule has 0 unspecified atom stereocenters. The Morgan fingerprint density at radius 1 is 1.64 bits per heavy atom. The highest BCUT2D eigenvalue weighted by molar-refractivity contribution is 9.10. The number of unbranched alkanes of at least 4 members (excludes halogenated alkanes) is 1. The number of rotatable bonds is 3. The Hall–Kier alpha value is -0.310. The van der Waals surface area contributed by atoms with Crippen molar-refractivity contribution >= 4 is 15.9 Å². The fourth-order valence-electron chi connectivity index (χ4n) is 1.03. The fraction of sp³-hybridized carbons (Fsp3) is 0.625. The van der Waals surface area contributed by atoms with Gasteiger partial charge in [0.1, 0.15) is 10.4 Å². The number of halogens is 1. The molecule has 11 heavy (non-hydrogen) atoms. The Labute approximate surface area is 75.8 Å². The maximum absolute atomic E-state index is 4.33. The topological polar surface area (TPSA) is 17.8 Å². The van der Waals surface area contributed by atoms with Crippen LogP contribution in [0.2, 0.25) is 0 Å². The van der Waals surface area contributed by atoms with Gasteiger partial charge in [0.05, 0.1) is 0 Å². The van der Waals surface area contributed by atoms with Crippen molar-refractivity contribution in [3.8, 4) is 0 Å². The smallest absolute Gasteiger partial charge is 0.124 e. The van der Waals surface area contributed by atoms with E-state index >= 15 is 0 Å². The Bertz CT molecular complexity index is 230. The van der Waals surface area contributed by atoms with Crippen molar-refractivity contribution in [1.29, 1.82) is 0 Å². The second-order valence-electron chi connectivity index (χ2n) is 2.69. The van der Waals surface area contributed by atoms with Gasteiger partial charge in [0.2, 0.25) is 0 Å². The van der Waals surface area contributed by atoms with Crippen LogP contribution in [0.3, 0.4) is 0 Å². The van der Waals surface area contributed by atoms with Crippen LogP contribution in [0.5, 0.6) is 0 Å². The molecule has 0 N–H and O–H groups in total. The summed E-state index contributed by atoms with van der Waals surface area (Å²) < 4.78 is 3.01. The molecule has 1 aromatic heterocycles. The Kier molecular flexibility index (Phi) is 3.12. The molecule has 0 saturated heterocycles. The summed E-state index contributed by atoms with van der Waals surface area (Å²) in [5, 5.41) is 0. The van der Waals surface area contributed by atoms with Crippen molar-refractivity contribution in [3.63, 3.8) is 0 Å². The first-order chi connectivity index (χ1) is 5.24. The van der Waals surface area contributed by atoms with Crippen LogP contribution in [0, 0.1) is 0 Å². The van der Waals surface area contributed by atoms with Crippen LogP contribution in [0.4, 0.5) is 0 Å². The zero-order valence-corrected chi connectivity index (χ0v) is 8.56. The average Bonchev–Trinajstić information content (AvgIpc) is 2.26. The van der Waals surface area contributed by atoms with E-state index in [1.807, 2.05) is 13.2 Å². The molecule has 0 aromatic carbocycles. The molecule has 1 rings (SSSR count). The molecule has 0 aliphatic heterocycles. The molecule has 0 bridgehead atoms. The largest absolute Gasteiger partial charge is 0.337 e. The summed E-state index contributed by atoms with van der Waals surface area (Å²) in [6, 6.07) is 0. The van der Waals surface area contributed by atoms with Gasteiger partial charge in [-0.3, -0.25) is 0 Å². The Morgan fingerprint density at radius 2 is 2.36 bits per heavy atom. The molecular formula is C8H13BrN2. The molecule has 3 heteroatoms. The first kappa shape index (κ1) is 8.78. The van der Waals surface area contributed by atoms with Crippen LogP contribution in [-0.2, 0) is 13.5 Å². The van der Waals surface area contributed by atoms with E-state index in [2.05, 4.69) is 32.4 Å². The van der Waals surface area contributed by atoms with Gasteiger partial charge in [0.25, 0.3) is 0 Å². The van der Waals surface area contributed by atoms with E-state index in [0.29, 0.717) is 0 Å². The third kappa shape index (κ3) is 2.33. The van der Waals surface area contributed by atoms with E-state index < -0.39 is 0 Å². The predicted octanol–water partition coefficient (Wildman–Crippen LogP) is 2.53. The molecule has 1 heterocycles. The minimum atomic E-state index is 0.936. The molecule has 0 spiro atoms. The quantitative estimate of drug-likeness (QED) is 0.760. The van der Waals surface area contributed by atoms with Crippen molar-refractivity contribution in [2.45, 2.75) is 26.2 Å². The van der Waals surface area contributed by atoms with Crippen LogP contribution < -0.4 is 0 Å². The fourth-order valence-corrected chi connectivity index (χ4v) is 1.54. The van der Waals surface area contributed by atoms with E-state index in [1.165, 1.54) is 18.7 Å². The van der Waals surface area contributed by atoms with Gasteiger partial charge in [0.15, 0.2) is 0 Å². The van der Waals surface area contributed by atoms with E-state index in [-0.39, 0.29) is 0 Å². The maximum Gasteiger partial charge on any atom is 0.124 e. The summed E-state index contributed by atoms with van der Waals surface area (Å²) >= 11 is 3.34. The monoisotopic (exact) mass is 216 g/mol. The molecule has 0 fully saturated rings. The summed E-state index contributed by atoms with van der Waals surface area (Å²) in [4.78, 5) is 4.33. The first-order valence-electron chi connectivity index (χ1n) is 3.91. The summed E-state index contributed by atoms with van der Waals surface area (Å²) in [7, 11) is 2.03. The van der Waals surface area contributed by atoms with Gasteiger partial charge < -0.3 is 4.57 Å². The minimum Gasteiger partial charge on any atom is -0.337 e. The van der Waals surface area contributed by atoms with Crippen molar-refractivity contribution < 1.29 is 0 Å².